The van der Waals surface area contributed by atoms with Crippen LogP contribution >= 0.6 is 11.3 Å². The van der Waals surface area contributed by atoms with Crippen LogP contribution in [0.3, 0.4) is 0 Å². The number of carbonyl (C=O) groups is 1. The van der Waals surface area contributed by atoms with Crippen LogP contribution < -0.4 is 10.6 Å². The molecule has 3 aromatic rings. The third-order valence-electron chi connectivity index (χ3n) is 4.39. The number of nitro groups is 1. The van der Waals surface area contributed by atoms with Gasteiger partial charge in [-0.1, -0.05) is 30.3 Å². The maximum atomic E-state index is 12.5. The fraction of sp³-hybridized carbons (Fsp3) is 0.200. The van der Waals surface area contributed by atoms with Crippen LogP contribution in [0.2, 0.25) is 0 Å². The number of nitrogens with one attached hydrogen (secondary N) is 2. The van der Waals surface area contributed by atoms with Gasteiger partial charge >= 0.3 is 0 Å². The van der Waals surface area contributed by atoms with Gasteiger partial charge < -0.3 is 5.32 Å². The van der Waals surface area contributed by atoms with E-state index in [0.29, 0.717) is 10.8 Å². The molecule has 0 bridgehead atoms. The Balaban J connectivity index is 1.46. The first-order chi connectivity index (χ1) is 13.6. The number of nitro benzene ring substituents is 1. The van der Waals surface area contributed by atoms with Crippen LogP contribution in [0.25, 0.3) is 0 Å². The Morgan fingerprint density at radius 2 is 2.00 bits per heavy atom. The van der Waals surface area contributed by atoms with Gasteiger partial charge in [0.05, 0.1) is 4.92 Å². The Bertz CT molecular complexity index is 1020. The summed E-state index contributed by atoms with van der Waals surface area (Å²) in [7, 11) is 0. The second-order valence-electron chi connectivity index (χ2n) is 6.66. The predicted octanol–water partition coefficient (Wildman–Crippen LogP) is 4.47. The van der Waals surface area contributed by atoms with Crippen LogP contribution in [0.1, 0.15) is 33.6 Å². The van der Waals surface area contributed by atoms with Crippen LogP contribution in [0.5, 0.6) is 0 Å². The number of carbonyl (C=O) groups excluding carboxylic acids is 1. The number of amides is 1. The maximum Gasteiger partial charge on any atom is 0.293 e. The topological polar surface area (TPSA) is 97.2 Å². The predicted molar refractivity (Wildman–Crippen MR) is 109 cm³/mol. The standard InChI is InChI=1S/C20H18N4O3S/c25-19(14-6-9-17(22-15-7-8-15)18(11-14)24(26)27)23-20-21-12-16(28-20)10-13-4-2-1-3-5-13/h1-6,9,11-12,15,22H,7-8,10H2,(H,21,23,25). The van der Waals surface area contributed by atoms with E-state index in [0.717, 1.165) is 24.1 Å². The molecule has 1 fully saturated rings. The molecule has 1 amide bonds. The van der Waals surface area contributed by atoms with Crippen molar-refractivity contribution in [2.24, 2.45) is 0 Å². The second kappa shape index (κ2) is 7.77. The van der Waals surface area contributed by atoms with E-state index in [1.165, 1.54) is 23.0 Å². The molecule has 0 saturated heterocycles. The summed E-state index contributed by atoms with van der Waals surface area (Å²) in [4.78, 5) is 28.7. The number of hydrogen-bond acceptors (Lipinski definition) is 6. The van der Waals surface area contributed by atoms with Crippen molar-refractivity contribution in [3.8, 4) is 0 Å². The zero-order chi connectivity index (χ0) is 19.5. The van der Waals surface area contributed by atoms with Crippen molar-refractivity contribution in [3.05, 3.63) is 80.8 Å². The number of benzene rings is 2. The molecule has 142 valence electrons. The molecule has 2 aromatic carbocycles. The van der Waals surface area contributed by atoms with Crippen LogP contribution in [0, 0.1) is 10.1 Å². The lowest BCUT2D eigenvalue weighted by Crippen LogP contribution is -2.13. The van der Waals surface area contributed by atoms with Crippen molar-refractivity contribution in [1.82, 2.24) is 4.98 Å². The van der Waals surface area contributed by atoms with Crippen LogP contribution in [-0.4, -0.2) is 21.9 Å². The highest BCUT2D eigenvalue weighted by atomic mass is 32.1. The normalized spacial score (nSPS) is 13.1. The summed E-state index contributed by atoms with van der Waals surface area (Å²) in [6.07, 6.45) is 4.49. The molecule has 0 unspecified atom stereocenters. The smallest absolute Gasteiger partial charge is 0.293 e. The molecule has 8 heteroatoms. The number of hydrogen-bond donors (Lipinski definition) is 2. The molecule has 1 heterocycles. The zero-order valence-corrected chi connectivity index (χ0v) is 15.7. The number of nitrogens with zero attached hydrogens (tertiary/aromatic N) is 2. The molecule has 0 aliphatic heterocycles. The van der Waals surface area contributed by atoms with Gasteiger partial charge in [0, 0.05) is 35.2 Å². The van der Waals surface area contributed by atoms with Gasteiger partial charge in [-0.2, -0.15) is 0 Å². The third-order valence-corrected chi connectivity index (χ3v) is 5.30. The molecular weight excluding hydrogens is 376 g/mol. The van der Waals surface area contributed by atoms with Crippen LogP contribution in [0.4, 0.5) is 16.5 Å². The number of thiazole rings is 1. The highest BCUT2D eigenvalue weighted by Gasteiger charge is 2.25. The molecule has 28 heavy (non-hydrogen) atoms. The first-order valence-corrected chi connectivity index (χ1v) is 9.75. The molecule has 1 aliphatic carbocycles. The molecule has 1 aliphatic rings. The van der Waals surface area contributed by atoms with Gasteiger partial charge in [-0.15, -0.1) is 11.3 Å². The zero-order valence-electron chi connectivity index (χ0n) is 14.9. The third kappa shape index (κ3) is 4.34. The van der Waals surface area contributed by atoms with Crippen molar-refractivity contribution in [2.75, 3.05) is 10.6 Å². The van der Waals surface area contributed by atoms with Crippen molar-refractivity contribution < 1.29 is 9.72 Å². The highest BCUT2D eigenvalue weighted by molar-refractivity contribution is 7.15. The van der Waals surface area contributed by atoms with Gasteiger partial charge in [0.2, 0.25) is 0 Å². The monoisotopic (exact) mass is 394 g/mol. The minimum atomic E-state index is -0.469. The van der Waals surface area contributed by atoms with E-state index in [1.54, 1.807) is 18.3 Å². The van der Waals surface area contributed by atoms with Crippen LogP contribution in [0.15, 0.2) is 54.7 Å². The van der Waals surface area contributed by atoms with Gasteiger partial charge in [-0.25, -0.2) is 4.98 Å². The Morgan fingerprint density at radius 3 is 2.71 bits per heavy atom. The minimum absolute atomic E-state index is 0.0940. The first kappa shape index (κ1) is 18.1. The largest absolute Gasteiger partial charge is 0.377 e. The van der Waals surface area contributed by atoms with E-state index < -0.39 is 10.8 Å². The van der Waals surface area contributed by atoms with E-state index in [2.05, 4.69) is 15.6 Å². The average Bonchev–Trinajstić information content (AvgIpc) is 3.40. The second-order valence-corrected chi connectivity index (χ2v) is 7.77. The molecule has 1 aromatic heterocycles. The maximum absolute atomic E-state index is 12.5. The van der Waals surface area contributed by atoms with Gasteiger partial charge in [0.25, 0.3) is 11.6 Å². The molecule has 4 rings (SSSR count). The summed E-state index contributed by atoms with van der Waals surface area (Å²) < 4.78 is 0. The van der Waals surface area contributed by atoms with Gasteiger partial charge in [-0.3, -0.25) is 20.2 Å². The number of anilines is 2. The summed E-state index contributed by atoms with van der Waals surface area (Å²) in [5.41, 5.74) is 1.75. The quantitative estimate of drug-likeness (QED) is 0.455. The number of aromatic nitrogens is 1. The van der Waals surface area contributed by atoms with Crippen LogP contribution in [-0.2, 0) is 6.42 Å². The summed E-state index contributed by atoms with van der Waals surface area (Å²) >= 11 is 1.39. The van der Waals surface area contributed by atoms with E-state index in [1.807, 2.05) is 30.3 Å². The molecule has 7 nitrogen and oxygen atoms in total. The lowest BCUT2D eigenvalue weighted by Gasteiger charge is -2.07. The minimum Gasteiger partial charge on any atom is -0.377 e. The Labute approximate surface area is 165 Å². The lowest BCUT2D eigenvalue weighted by molar-refractivity contribution is -0.384. The van der Waals surface area contributed by atoms with E-state index in [4.69, 9.17) is 0 Å². The molecule has 0 radical (unpaired) electrons. The SMILES string of the molecule is O=C(Nc1ncc(Cc2ccccc2)s1)c1ccc(NC2CC2)c([N+](=O)[O-])c1. The summed E-state index contributed by atoms with van der Waals surface area (Å²) in [6.45, 7) is 0. The van der Waals surface area contributed by atoms with Crippen molar-refractivity contribution >= 4 is 33.8 Å². The molecule has 0 atom stereocenters. The van der Waals surface area contributed by atoms with E-state index >= 15 is 0 Å². The molecular formula is C20H18N4O3S. The number of rotatable bonds is 7. The summed E-state index contributed by atoms with van der Waals surface area (Å²) in [5, 5.41) is 17.7. The fourth-order valence-corrected chi connectivity index (χ4v) is 3.65. The molecule has 1 saturated carbocycles. The highest BCUT2D eigenvalue weighted by Crippen LogP contribution is 2.32. The van der Waals surface area contributed by atoms with Crippen molar-refractivity contribution in [1.29, 1.82) is 0 Å². The van der Waals surface area contributed by atoms with E-state index in [-0.39, 0.29) is 17.3 Å². The van der Waals surface area contributed by atoms with Gasteiger partial charge in [0.15, 0.2) is 5.13 Å². The Kier molecular flexibility index (Phi) is 5.03. The fourth-order valence-electron chi connectivity index (χ4n) is 2.81. The van der Waals surface area contributed by atoms with Gasteiger partial charge in [0.1, 0.15) is 5.69 Å². The van der Waals surface area contributed by atoms with Gasteiger partial charge in [-0.05, 0) is 30.5 Å². The summed E-state index contributed by atoms with van der Waals surface area (Å²) in [5.74, 6) is -0.415. The summed E-state index contributed by atoms with van der Waals surface area (Å²) in [6, 6.07) is 14.8. The Morgan fingerprint density at radius 1 is 1.21 bits per heavy atom. The van der Waals surface area contributed by atoms with Crippen molar-refractivity contribution in [3.63, 3.8) is 0 Å². The first-order valence-electron chi connectivity index (χ1n) is 8.93. The molecule has 2 N–H and O–H groups in total. The molecule has 0 spiro atoms. The van der Waals surface area contributed by atoms with Crippen molar-refractivity contribution in [2.45, 2.75) is 25.3 Å². The van der Waals surface area contributed by atoms with E-state index in [9.17, 15) is 14.9 Å². The lowest BCUT2D eigenvalue weighted by atomic mass is 10.1. The average molecular weight is 394 g/mol. The Hall–Kier alpha value is -3.26.